The van der Waals surface area contributed by atoms with E-state index in [1.165, 1.54) is 5.56 Å². The first-order valence-electron chi connectivity index (χ1n) is 7.71. The van der Waals surface area contributed by atoms with Crippen LogP contribution in [-0.4, -0.2) is 21.6 Å². The third kappa shape index (κ3) is 4.81. The highest BCUT2D eigenvalue weighted by atomic mass is 32.2. The third-order valence-electron chi connectivity index (χ3n) is 3.78. The van der Waals surface area contributed by atoms with Gasteiger partial charge in [0, 0.05) is 6.54 Å². The van der Waals surface area contributed by atoms with Crippen molar-refractivity contribution in [2.75, 3.05) is 13.2 Å². The van der Waals surface area contributed by atoms with Crippen molar-refractivity contribution < 1.29 is 13.2 Å². The van der Waals surface area contributed by atoms with Gasteiger partial charge in [0.2, 0.25) is 10.0 Å². The lowest BCUT2D eigenvalue weighted by molar-refractivity contribution is 0.322. The number of ether oxygens (including phenoxy) is 1. The van der Waals surface area contributed by atoms with Crippen molar-refractivity contribution in [1.82, 2.24) is 4.72 Å². The van der Waals surface area contributed by atoms with Crippen LogP contribution in [0.5, 0.6) is 5.75 Å². The maximum Gasteiger partial charge on any atom is 0.240 e. The minimum Gasteiger partial charge on any atom is -0.492 e. The molecular weight excluding hydrogens is 310 g/mol. The monoisotopic (exact) mass is 333 g/mol. The summed E-state index contributed by atoms with van der Waals surface area (Å²) in [4.78, 5) is 0.279. The lowest BCUT2D eigenvalue weighted by Crippen LogP contribution is -2.28. The van der Waals surface area contributed by atoms with Gasteiger partial charge in [-0.3, -0.25) is 0 Å². The smallest absolute Gasteiger partial charge is 0.240 e. The normalized spacial score (nSPS) is 11.4. The average molecular weight is 333 g/mol. The van der Waals surface area contributed by atoms with Crippen LogP contribution in [0.25, 0.3) is 0 Å². The van der Waals surface area contributed by atoms with E-state index in [0.717, 1.165) is 23.3 Å². The SMILES string of the molecule is CCc1ccc(S(=O)(=O)NCCOc2ccc(C)c(C)c2)cc1. The molecule has 0 saturated carbocycles. The molecule has 0 aliphatic rings. The Labute approximate surface area is 138 Å². The lowest BCUT2D eigenvalue weighted by atomic mass is 10.1. The number of rotatable bonds is 7. The van der Waals surface area contributed by atoms with Crippen LogP contribution in [0, 0.1) is 13.8 Å². The van der Waals surface area contributed by atoms with Gasteiger partial charge in [0.05, 0.1) is 4.90 Å². The molecule has 0 bridgehead atoms. The first-order chi connectivity index (χ1) is 10.9. The van der Waals surface area contributed by atoms with Crippen molar-refractivity contribution >= 4 is 10.0 Å². The fraction of sp³-hybridized carbons (Fsp3) is 0.333. The van der Waals surface area contributed by atoms with Crippen LogP contribution in [0.2, 0.25) is 0 Å². The molecule has 2 aromatic rings. The Morgan fingerprint density at radius 3 is 2.30 bits per heavy atom. The van der Waals surface area contributed by atoms with Crippen LogP contribution in [0.1, 0.15) is 23.6 Å². The van der Waals surface area contributed by atoms with Crippen LogP contribution < -0.4 is 9.46 Å². The van der Waals surface area contributed by atoms with Crippen LogP contribution in [0.3, 0.4) is 0 Å². The molecule has 0 aliphatic carbocycles. The minimum atomic E-state index is -3.48. The standard InChI is InChI=1S/C18H23NO3S/c1-4-16-6-9-18(10-7-16)23(20,21)19-11-12-22-17-8-5-14(2)15(3)13-17/h5-10,13,19H,4,11-12H2,1-3H3. The zero-order chi connectivity index (χ0) is 16.9. The summed E-state index contributed by atoms with van der Waals surface area (Å²) >= 11 is 0. The van der Waals surface area contributed by atoms with Crippen molar-refractivity contribution in [2.24, 2.45) is 0 Å². The van der Waals surface area contributed by atoms with Gasteiger partial charge in [0.1, 0.15) is 12.4 Å². The van der Waals surface area contributed by atoms with Crippen LogP contribution in [0.15, 0.2) is 47.4 Å². The van der Waals surface area contributed by atoms with Crippen LogP contribution >= 0.6 is 0 Å². The Hall–Kier alpha value is -1.85. The Morgan fingerprint density at radius 1 is 1.00 bits per heavy atom. The van der Waals surface area contributed by atoms with Gasteiger partial charge in [-0.2, -0.15) is 0 Å². The molecule has 1 N–H and O–H groups in total. The fourth-order valence-corrected chi connectivity index (χ4v) is 3.15. The summed E-state index contributed by atoms with van der Waals surface area (Å²) in [6.07, 6.45) is 0.886. The zero-order valence-corrected chi connectivity index (χ0v) is 14.6. The number of benzene rings is 2. The molecule has 4 nitrogen and oxygen atoms in total. The van der Waals surface area contributed by atoms with E-state index < -0.39 is 10.0 Å². The van der Waals surface area contributed by atoms with Gasteiger partial charge >= 0.3 is 0 Å². The van der Waals surface area contributed by atoms with E-state index in [1.807, 2.05) is 51.1 Å². The van der Waals surface area contributed by atoms with Gasteiger partial charge in [0.25, 0.3) is 0 Å². The Balaban J connectivity index is 1.87. The first kappa shape index (κ1) is 17.5. The molecule has 5 heteroatoms. The summed E-state index contributed by atoms with van der Waals surface area (Å²) < 4.78 is 32.5. The second-order valence-corrected chi connectivity index (χ2v) is 7.26. The average Bonchev–Trinajstić information content (AvgIpc) is 2.55. The van der Waals surface area contributed by atoms with E-state index in [9.17, 15) is 8.42 Å². The number of hydrogen-bond acceptors (Lipinski definition) is 3. The van der Waals surface area contributed by atoms with Crippen molar-refractivity contribution in [1.29, 1.82) is 0 Å². The van der Waals surface area contributed by atoms with E-state index in [1.54, 1.807) is 12.1 Å². The summed E-state index contributed by atoms with van der Waals surface area (Å²) in [5, 5.41) is 0. The largest absolute Gasteiger partial charge is 0.492 e. The predicted molar refractivity (Wildman–Crippen MR) is 92.4 cm³/mol. The van der Waals surface area contributed by atoms with Gasteiger partial charge in [-0.15, -0.1) is 0 Å². The molecule has 0 aliphatic heterocycles. The van der Waals surface area contributed by atoms with Crippen LogP contribution in [-0.2, 0) is 16.4 Å². The lowest BCUT2D eigenvalue weighted by Gasteiger charge is -2.10. The molecule has 0 heterocycles. The van der Waals surface area contributed by atoms with E-state index in [2.05, 4.69) is 4.72 Å². The Kier molecular flexibility index (Phi) is 5.80. The molecule has 0 radical (unpaired) electrons. The van der Waals surface area contributed by atoms with Gasteiger partial charge in [0.15, 0.2) is 0 Å². The van der Waals surface area contributed by atoms with Gasteiger partial charge in [-0.25, -0.2) is 13.1 Å². The summed E-state index contributed by atoms with van der Waals surface area (Å²) in [6.45, 7) is 6.60. The van der Waals surface area contributed by atoms with E-state index in [-0.39, 0.29) is 18.0 Å². The minimum absolute atomic E-state index is 0.227. The highest BCUT2D eigenvalue weighted by Crippen LogP contribution is 2.16. The van der Waals surface area contributed by atoms with Crippen molar-refractivity contribution in [2.45, 2.75) is 32.1 Å². The van der Waals surface area contributed by atoms with Gasteiger partial charge < -0.3 is 4.74 Å². The maximum atomic E-state index is 12.2. The zero-order valence-electron chi connectivity index (χ0n) is 13.8. The highest BCUT2D eigenvalue weighted by molar-refractivity contribution is 7.89. The molecule has 0 spiro atoms. The predicted octanol–water partition coefficient (Wildman–Crippen LogP) is 3.22. The molecule has 0 atom stereocenters. The molecule has 2 aromatic carbocycles. The molecular formula is C18H23NO3S. The van der Waals surface area contributed by atoms with Crippen molar-refractivity contribution in [3.8, 4) is 5.75 Å². The quantitative estimate of drug-likeness (QED) is 0.792. The summed E-state index contributed by atoms with van der Waals surface area (Å²) in [7, 11) is -3.48. The molecule has 0 aromatic heterocycles. The summed E-state index contributed by atoms with van der Waals surface area (Å²) in [6, 6.07) is 12.8. The fourth-order valence-electron chi connectivity index (χ4n) is 2.14. The number of nitrogens with one attached hydrogen (secondary N) is 1. The maximum absolute atomic E-state index is 12.2. The number of hydrogen-bond donors (Lipinski definition) is 1. The molecule has 0 amide bonds. The van der Waals surface area contributed by atoms with E-state index in [4.69, 9.17) is 4.74 Å². The Morgan fingerprint density at radius 2 is 1.70 bits per heavy atom. The summed E-state index contributed by atoms with van der Waals surface area (Å²) in [5.41, 5.74) is 3.47. The second-order valence-electron chi connectivity index (χ2n) is 5.49. The summed E-state index contributed by atoms with van der Waals surface area (Å²) in [5.74, 6) is 0.750. The number of aryl methyl sites for hydroxylation is 3. The highest BCUT2D eigenvalue weighted by Gasteiger charge is 2.12. The first-order valence-corrected chi connectivity index (χ1v) is 9.19. The van der Waals surface area contributed by atoms with E-state index >= 15 is 0 Å². The van der Waals surface area contributed by atoms with E-state index in [0.29, 0.717) is 0 Å². The van der Waals surface area contributed by atoms with Crippen molar-refractivity contribution in [3.05, 3.63) is 59.2 Å². The van der Waals surface area contributed by atoms with Crippen LogP contribution in [0.4, 0.5) is 0 Å². The number of sulfonamides is 1. The molecule has 2 rings (SSSR count). The van der Waals surface area contributed by atoms with Gasteiger partial charge in [-0.05, 0) is 61.2 Å². The molecule has 0 saturated heterocycles. The molecule has 124 valence electrons. The second kappa shape index (κ2) is 7.62. The molecule has 23 heavy (non-hydrogen) atoms. The topological polar surface area (TPSA) is 55.4 Å². The van der Waals surface area contributed by atoms with Crippen molar-refractivity contribution in [3.63, 3.8) is 0 Å². The Bertz CT molecular complexity index is 752. The molecule has 0 fully saturated rings. The third-order valence-corrected chi connectivity index (χ3v) is 5.26. The van der Waals surface area contributed by atoms with Gasteiger partial charge in [-0.1, -0.05) is 25.1 Å². The molecule has 0 unspecified atom stereocenters.